The van der Waals surface area contributed by atoms with Crippen LogP contribution in [0.5, 0.6) is 5.75 Å². The molecule has 3 N–H and O–H groups in total. The van der Waals surface area contributed by atoms with Gasteiger partial charge in [-0.15, -0.1) is 0 Å². The Bertz CT molecular complexity index is 417. The van der Waals surface area contributed by atoms with E-state index in [2.05, 4.69) is 18.3 Å². The van der Waals surface area contributed by atoms with E-state index in [1.807, 2.05) is 19.9 Å². The maximum atomic E-state index is 11.2. The van der Waals surface area contributed by atoms with Crippen molar-refractivity contribution in [2.75, 3.05) is 19.7 Å². The van der Waals surface area contributed by atoms with Gasteiger partial charge in [0.05, 0.1) is 6.54 Å². The fraction of sp³-hybridized carbons (Fsp3) is 0.500. The van der Waals surface area contributed by atoms with Crippen molar-refractivity contribution in [3.05, 3.63) is 28.8 Å². The first kappa shape index (κ1) is 14.5. The first-order chi connectivity index (χ1) is 8.56. The smallest absolute Gasteiger partial charge is 0.221 e. The highest BCUT2D eigenvalue weighted by molar-refractivity contribution is 5.75. The number of carbonyl (C=O) groups is 1. The Kier molecular flexibility index (Phi) is 5.65. The summed E-state index contributed by atoms with van der Waals surface area (Å²) in [6, 6.07) is 4.13. The Morgan fingerprint density at radius 3 is 2.61 bits per heavy atom. The summed E-state index contributed by atoms with van der Waals surface area (Å²) in [5, 5.41) is 2.76. The van der Waals surface area contributed by atoms with Gasteiger partial charge >= 0.3 is 0 Å². The van der Waals surface area contributed by atoms with Gasteiger partial charge in [0, 0.05) is 13.0 Å². The van der Waals surface area contributed by atoms with Crippen molar-refractivity contribution in [1.82, 2.24) is 5.32 Å². The molecule has 1 rings (SSSR count). The van der Waals surface area contributed by atoms with Crippen LogP contribution in [0, 0.1) is 20.8 Å². The topological polar surface area (TPSA) is 64.3 Å². The third-order valence-electron chi connectivity index (χ3n) is 2.92. The Balaban J connectivity index is 2.45. The molecule has 0 aliphatic heterocycles. The lowest BCUT2D eigenvalue weighted by molar-refractivity contribution is -0.120. The van der Waals surface area contributed by atoms with Gasteiger partial charge in [0.1, 0.15) is 12.4 Å². The fourth-order valence-corrected chi connectivity index (χ4v) is 1.71. The average molecular weight is 250 g/mol. The average Bonchev–Trinajstić information content (AvgIpc) is 2.33. The van der Waals surface area contributed by atoms with Crippen molar-refractivity contribution in [3.8, 4) is 5.75 Å². The SMILES string of the molecule is Cc1ccc(C)c(OCCNC(=O)CCN)c1C. The number of hydrogen-bond acceptors (Lipinski definition) is 3. The van der Waals surface area contributed by atoms with E-state index in [0.29, 0.717) is 26.1 Å². The van der Waals surface area contributed by atoms with Gasteiger partial charge in [-0.05, 0) is 37.5 Å². The monoisotopic (exact) mass is 250 g/mol. The predicted molar refractivity (Wildman–Crippen MR) is 72.8 cm³/mol. The number of carbonyl (C=O) groups excluding carboxylic acids is 1. The summed E-state index contributed by atoms with van der Waals surface area (Å²) in [7, 11) is 0. The highest BCUT2D eigenvalue weighted by Gasteiger charge is 2.06. The normalized spacial score (nSPS) is 10.2. The predicted octanol–water partition coefficient (Wildman–Crippen LogP) is 1.46. The molecule has 0 fully saturated rings. The molecule has 1 aromatic rings. The minimum atomic E-state index is -0.0289. The summed E-state index contributed by atoms with van der Waals surface area (Å²) >= 11 is 0. The lowest BCUT2D eigenvalue weighted by atomic mass is 10.1. The molecule has 18 heavy (non-hydrogen) atoms. The van der Waals surface area contributed by atoms with Crippen molar-refractivity contribution in [3.63, 3.8) is 0 Å². The molecule has 0 saturated heterocycles. The van der Waals surface area contributed by atoms with E-state index in [1.165, 1.54) is 5.56 Å². The highest BCUT2D eigenvalue weighted by atomic mass is 16.5. The molecule has 100 valence electrons. The van der Waals surface area contributed by atoms with Gasteiger partial charge in [-0.3, -0.25) is 4.79 Å². The number of nitrogens with one attached hydrogen (secondary N) is 1. The molecule has 0 aliphatic carbocycles. The zero-order valence-corrected chi connectivity index (χ0v) is 11.4. The third-order valence-corrected chi connectivity index (χ3v) is 2.92. The molecule has 4 heteroatoms. The Morgan fingerprint density at radius 2 is 1.94 bits per heavy atom. The van der Waals surface area contributed by atoms with Crippen LogP contribution in [0.4, 0.5) is 0 Å². The van der Waals surface area contributed by atoms with Crippen molar-refractivity contribution in [1.29, 1.82) is 0 Å². The Hall–Kier alpha value is -1.55. The second kappa shape index (κ2) is 7.01. The maximum Gasteiger partial charge on any atom is 0.221 e. The minimum absolute atomic E-state index is 0.0289. The largest absolute Gasteiger partial charge is 0.491 e. The molecule has 1 aromatic carbocycles. The summed E-state index contributed by atoms with van der Waals surface area (Å²) in [6.45, 7) is 7.49. The first-order valence-electron chi connectivity index (χ1n) is 6.22. The summed E-state index contributed by atoms with van der Waals surface area (Å²) in [5.41, 5.74) is 8.77. The molecule has 0 radical (unpaired) electrons. The number of nitrogens with two attached hydrogens (primary N) is 1. The van der Waals surface area contributed by atoms with Crippen LogP contribution in [-0.2, 0) is 4.79 Å². The fourth-order valence-electron chi connectivity index (χ4n) is 1.71. The number of amides is 1. The molecule has 1 amide bonds. The molecule has 0 saturated carbocycles. The summed E-state index contributed by atoms with van der Waals surface area (Å²) in [4.78, 5) is 11.2. The molecule has 0 aromatic heterocycles. The van der Waals surface area contributed by atoms with Crippen molar-refractivity contribution >= 4 is 5.91 Å². The molecular weight excluding hydrogens is 228 g/mol. The summed E-state index contributed by atoms with van der Waals surface area (Å²) < 4.78 is 5.73. The van der Waals surface area contributed by atoms with Gasteiger partial charge in [0.25, 0.3) is 0 Å². The Labute approximate surface area is 109 Å². The molecule has 4 nitrogen and oxygen atoms in total. The van der Waals surface area contributed by atoms with Crippen LogP contribution in [-0.4, -0.2) is 25.6 Å². The summed E-state index contributed by atoms with van der Waals surface area (Å²) in [6.07, 6.45) is 0.364. The van der Waals surface area contributed by atoms with Crippen LogP contribution in [0.25, 0.3) is 0 Å². The molecule has 0 bridgehead atoms. The van der Waals surface area contributed by atoms with E-state index in [4.69, 9.17) is 10.5 Å². The van der Waals surface area contributed by atoms with Crippen LogP contribution in [0.15, 0.2) is 12.1 Å². The number of rotatable bonds is 6. The van der Waals surface area contributed by atoms with Crippen LogP contribution in [0.1, 0.15) is 23.1 Å². The van der Waals surface area contributed by atoms with Gasteiger partial charge < -0.3 is 15.8 Å². The van der Waals surface area contributed by atoms with Crippen LogP contribution >= 0.6 is 0 Å². The van der Waals surface area contributed by atoms with Crippen LogP contribution in [0.3, 0.4) is 0 Å². The first-order valence-corrected chi connectivity index (χ1v) is 6.22. The van der Waals surface area contributed by atoms with Crippen LogP contribution in [0.2, 0.25) is 0 Å². The van der Waals surface area contributed by atoms with E-state index >= 15 is 0 Å². The number of ether oxygens (including phenoxy) is 1. The molecule has 0 atom stereocenters. The molecule has 0 unspecified atom stereocenters. The summed E-state index contributed by atoms with van der Waals surface area (Å²) in [5.74, 6) is 0.891. The van der Waals surface area contributed by atoms with Gasteiger partial charge in [0.15, 0.2) is 0 Å². The van der Waals surface area contributed by atoms with E-state index in [0.717, 1.165) is 16.9 Å². The second-order valence-electron chi connectivity index (χ2n) is 4.39. The quantitative estimate of drug-likeness (QED) is 0.751. The Morgan fingerprint density at radius 1 is 1.28 bits per heavy atom. The lowest BCUT2D eigenvalue weighted by Gasteiger charge is -2.14. The number of aryl methyl sites for hydroxylation is 2. The van der Waals surface area contributed by atoms with Gasteiger partial charge in [-0.25, -0.2) is 0 Å². The van der Waals surface area contributed by atoms with Gasteiger partial charge in [-0.1, -0.05) is 12.1 Å². The second-order valence-corrected chi connectivity index (χ2v) is 4.39. The van der Waals surface area contributed by atoms with E-state index in [-0.39, 0.29) is 5.91 Å². The molecule has 0 spiro atoms. The molecule has 0 aliphatic rings. The number of benzene rings is 1. The van der Waals surface area contributed by atoms with Crippen molar-refractivity contribution < 1.29 is 9.53 Å². The van der Waals surface area contributed by atoms with Crippen molar-refractivity contribution in [2.45, 2.75) is 27.2 Å². The third kappa shape index (κ3) is 4.04. The lowest BCUT2D eigenvalue weighted by Crippen LogP contribution is -2.29. The molecular formula is C14H22N2O2. The zero-order chi connectivity index (χ0) is 13.5. The number of hydrogen-bond donors (Lipinski definition) is 2. The van der Waals surface area contributed by atoms with Crippen LogP contribution < -0.4 is 15.8 Å². The highest BCUT2D eigenvalue weighted by Crippen LogP contribution is 2.25. The van der Waals surface area contributed by atoms with Gasteiger partial charge in [-0.2, -0.15) is 0 Å². The standard InChI is InChI=1S/C14H22N2O2/c1-10-4-5-11(2)14(12(10)3)18-9-8-16-13(17)6-7-15/h4-5H,6-9,15H2,1-3H3,(H,16,17). The minimum Gasteiger partial charge on any atom is -0.491 e. The van der Waals surface area contributed by atoms with Crippen molar-refractivity contribution in [2.24, 2.45) is 5.73 Å². The zero-order valence-electron chi connectivity index (χ0n) is 11.4. The van der Waals surface area contributed by atoms with E-state index in [1.54, 1.807) is 0 Å². The van der Waals surface area contributed by atoms with E-state index < -0.39 is 0 Å². The van der Waals surface area contributed by atoms with E-state index in [9.17, 15) is 4.79 Å². The molecule has 0 heterocycles. The maximum absolute atomic E-state index is 11.2. The van der Waals surface area contributed by atoms with Gasteiger partial charge in [0.2, 0.25) is 5.91 Å².